The molecule has 1 aliphatic carbocycles. The molecule has 0 saturated heterocycles. The van der Waals surface area contributed by atoms with Crippen molar-refractivity contribution in [3.05, 3.63) is 0 Å². The molecule has 0 aliphatic heterocycles. The summed E-state index contributed by atoms with van der Waals surface area (Å²) in [4.78, 5) is 13.8. The second kappa shape index (κ2) is 6.39. The molecule has 1 amide bonds. The van der Waals surface area contributed by atoms with E-state index >= 15 is 0 Å². The van der Waals surface area contributed by atoms with E-state index in [1.54, 1.807) is 0 Å². The van der Waals surface area contributed by atoms with Gasteiger partial charge in [0.15, 0.2) is 0 Å². The molecule has 3 heteroatoms. The third kappa shape index (κ3) is 5.07. The Bertz CT molecular complexity index is 247. The lowest BCUT2D eigenvalue weighted by Crippen LogP contribution is -2.35. The summed E-state index contributed by atoms with van der Waals surface area (Å²) < 4.78 is 0. The summed E-state index contributed by atoms with van der Waals surface area (Å²) in [5.41, 5.74) is 6.00. The molecule has 3 nitrogen and oxygen atoms in total. The maximum Gasteiger partial charge on any atom is 0.222 e. The van der Waals surface area contributed by atoms with Crippen LogP contribution in [0.25, 0.3) is 0 Å². The minimum Gasteiger partial charge on any atom is -0.345 e. The first-order chi connectivity index (χ1) is 7.99. The number of unbranched alkanes of at least 4 members (excludes halogenated alkanes) is 1. The SMILES string of the molecule is CC(C)CCCCC(=O)N(C)CC1(CN)CC1. The van der Waals surface area contributed by atoms with Crippen LogP contribution in [0.15, 0.2) is 0 Å². The molecule has 1 rings (SSSR count). The molecule has 0 atom stereocenters. The van der Waals surface area contributed by atoms with Gasteiger partial charge in [0.25, 0.3) is 0 Å². The second-order valence-corrected chi connectivity index (χ2v) is 6.09. The van der Waals surface area contributed by atoms with E-state index in [0.29, 0.717) is 6.42 Å². The Morgan fingerprint density at radius 2 is 2.00 bits per heavy atom. The third-order valence-corrected chi connectivity index (χ3v) is 3.81. The van der Waals surface area contributed by atoms with Crippen molar-refractivity contribution in [1.29, 1.82) is 0 Å². The number of amides is 1. The quantitative estimate of drug-likeness (QED) is 0.662. The fourth-order valence-electron chi connectivity index (χ4n) is 2.21. The molecule has 0 spiro atoms. The van der Waals surface area contributed by atoms with Gasteiger partial charge in [0.05, 0.1) is 0 Å². The molecule has 1 saturated carbocycles. The Balaban J connectivity index is 2.14. The number of hydrogen-bond donors (Lipinski definition) is 1. The Morgan fingerprint density at radius 3 is 2.47 bits per heavy atom. The largest absolute Gasteiger partial charge is 0.345 e. The van der Waals surface area contributed by atoms with Gasteiger partial charge in [-0.15, -0.1) is 0 Å². The van der Waals surface area contributed by atoms with Gasteiger partial charge in [-0.25, -0.2) is 0 Å². The summed E-state index contributed by atoms with van der Waals surface area (Å²) in [6.07, 6.45) is 6.49. The van der Waals surface area contributed by atoms with E-state index < -0.39 is 0 Å². The van der Waals surface area contributed by atoms with E-state index in [2.05, 4.69) is 13.8 Å². The fraction of sp³-hybridized carbons (Fsp3) is 0.929. The summed E-state index contributed by atoms with van der Waals surface area (Å²) in [5.74, 6) is 1.03. The van der Waals surface area contributed by atoms with Crippen LogP contribution in [-0.4, -0.2) is 30.9 Å². The van der Waals surface area contributed by atoms with Gasteiger partial charge in [-0.3, -0.25) is 4.79 Å². The molecule has 0 bridgehead atoms. The van der Waals surface area contributed by atoms with Crippen LogP contribution in [0.3, 0.4) is 0 Å². The lowest BCUT2D eigenvalue weighted by molar-refractivity contribution is -0.130. The smallest absolute Gasteiger partial charge is 0.222 e. The van der Waals surface area contributed by atoms with Crippen LogP contribution in [0, 0.1) is 11.3 Å². The monoisotopic (exact) mass is 240 g/mol. The van der Waals surface area contributed by atoms with E-state index in [1.165, 1.54) is 25.7 Å². The van der Waals surface area contributed by atoms with Crippen molar-refractivity contribution in [3.63, 3.8) is 0 Å². The molecular weight excluding hydrogens is 212 g/mol. The molecule has 17 heavy (non-hydrogen) atoms. The molecule has 1 aliphatic rings. The number of nitrogens with two attached hydrogens (primary N) is 1. The molecule has 2 N–H and O–H groups in total. The van der Waals surface area contributed by atoms with E-state index in [4.69, 9.17) is 5.73 Å². The van der Waals surface area contributed by atoms with Gasteiger partial charge >= 0.3 is 0 Å². The highest BCUT2D eigenvalue weighted by molar-refractivity contribution is 5.75. The first-order valence-electron chi connectivity index (χ1n) is 6.93. The zero-order valence-corrected chi connectivity index (χ0v) is 11.7. The standard InChI is InChI=1S/C14H28N2O/c1-12(2)6-4-5-7-13(17)16(3)11-14(10-15)8-9-14/h12H,4-11,15H2,1-3H3. The van der Waals surface area contributed by atoms with Gasteiger partial charge in [-0.1, -0.05) is 26.7 Å². The van der Waals surface area contributed by atoms with Crippen LogP contribution < -0.4 is 5.73 Å². The highest BCUT2D eigenvalue weighted by Crippen LogP contribution is 2.44. The van der Waals surface area contributed by atoms with Gasteiger partial charge in [0.2, 0.25) is 5.91 Å². The minimum absolute atomic E-state index is 0.266. The second-order valence-electron chi connectivity index (χ2n) is 6.09. The van der Waals surface area contributed by atoms with E-state index in [0.717, 1.165) is 25.4 Å². The Hall–Kier alpha value is -0.570. The molecule has 0 aromatic heterocycles. The normalized spacial score (nSPS) is 17.2. The molecule has 100 valence electrons. The molecule has 0 aromatic rings. The fourth-order valence-corrected chi connectivity index (χ4v) is 2.21. The predicted octanol–water partition coefficient (Wildman–Crippen LogP) is 2.40. The van der Waals surface area contributed by atoms with Crippen molar-refractivity contribution in [2.45, 2.75) is 52.4 Å². The summed E-state index contributed by atoms with van der Waals surface area (Å²) in [6, 6.07) is 0. The summed E-state index contributed by atoms with van der Waals surface area (Å²) in [5, 5.41) is 0. The van der Waals surface area contributed by atoms with Crippen molar-refractivity contribution in [1.82, 2.24) is 4.90 Å². The molecule has 0 heterocycles. The zero-order valence-electron chi connectivity index (χ0n) is 11.7. The lowest BCUT2D eigenvalue weighted by atomic mass is 10.0. The number of carbonyl (C=O) groups is 1. The Morgan fingerprint density at radius 1 is 1.35 bits per heavy atom. The van der Waals surface area contributed by atoms with Gasteiger partial charge in [-0.2, -0.15) is 0 Å². The first-order valence-corrected chi connectivity index (χ1v) is 6.93. The lowest BCUT2D eigenvalue weighted by Gasteiger charge is -2.22. The van der Waals surface area contributed by atoms with Crippen LogP contribution >= 0.6 is 0 Å². The van der Waals surface area contributed by atoms with E-state index in [-0.39, 0.29) is 11.3 Å². The van der Waals surface area contributed by atoms with E-state index in [9.17, 15) is 4.79 Å². The van der Waals surface area contributed by atoms with Crippen LogP contribution in [0.5, 0.6) is 0 Å². The molecule has 0 unspecified atom stereocenters. The maximum atomic E-state index is 11.9. The Labute approximate surface area is 106 Å². The Kier molecular flexibility index (Phi) is 5.44. The minimum atomic E-state index is 0.266. The summed E-state index contributed by atoms with van der Waals surface area (Å²) >= 11 is 0. The van der Waals surface area contributed by atoms with Crippen molar-refractivity contribution in [2.75, 3.05) is 20.1 Å². The topological polar surface area (TPSA) is 46.3 Å². The number of rotatable bonds is 8. The molecule has 0 radical (unpaired) electrons. The number of carbonyl (C=O) groups excluding carboxylic acids is 1. The molecule has 0 aromatic carbocycles. The first kappa shape index (κ1) is 14.5. The van der Waals surface area contributed by atoms with Gasteiger partial charge in [0.1, 0.15) is 0 Å². The summed E-state index contributed by atoms with van der Waals surface area (Å²) in [7, 11) is 1.92. The molecule has 1 fully saturated rings. The van der Waals surface area contributed by atoms with Crippen LogP contribution in [0.4, 0.5) is 0 Å². The highest BCUT2D eigenvalue weighted by atomic mass is 16.2. The number of nitrogens with zero attached hydrogens (tertiary/aromatic N) is 1. The van der Waals surface area contributed by atoms with Crippen molar-refractivity contribution < 1.29 is 4.79 Å². The highest BCUT2D eigenvalue weighted by Gasteiger charge is 2.42. The van der Waals surface area contributed by atoms with Gasteiger partial charge in [-0.05, 0) is 31.7 Å². The third-order valence-electron chi connectivity index (χ3n) is 3.81. The van der Waals surface area contributed by atoms with Crippen molar-refractivity contribution in [3.8, 4) is 0 Å². The summed E-state index contributed by atoms with van der Waals surface area (Å²) in [6.45, 7) is 6.03. The maximum absolute atomic E-state index is 11.9. The average Bonchev–Trinajstić information content (AvgIpc) is 3.04. The van der Waals surface area contributed by atoms with Crippen molar-refractivity contribution >= 4 is 5.91 Å². The van der Waals surface area contributed by atoms with Crippen LogP contribution in [0.2, 0.25) is 0 Å². The van der Waals surface area contributed by atoms with Crippen molar-refractivity contribution in [2.24, 2.45) is 17.1 Å². The van der Waals surface area contributed by atoms with Crippen LogP contribution in [-0.2, 0) is 4.79 Å². The molecular formula is C14H28N2O. The average molecular weight is 240 g/mol. The number of hydrogen-bond acceptors (Lipinski definition) is 2. The van der Waals surface area contributed by atoms with E-state index in [1.807, 2.05) is 11.9 Å². The predicted molar refractivity (Wildman–Crippen MR) is 71.7 cm³/mol. The zero-order chi connectivity index (χ0) is 12.9. The van der Waals surface area contributed by atoms with Crippen LogP contribution in [0.1, 0.15) is 52.4 Å². The van der Waals surface area contributed by atoms with Gasteiger partial charge < -0.3 is 10.6 Å². The van der Waals surface area contributed by atoms with Gasteiger partial charge in [0, 0.05) is 25.4 Å².